The van der Waals surface area contributed by atoms with Crippen LogP contribution in [0.15, 0.2) is 42.5 Å². The highest BCUT2D eigenvalue weighted by atomic mass is 35.5. The molecule has 0 aliphatic rings. The van der Waals surface area contributed by atoms with E-state index in [4.69, 9.17) is 5.73 Å². The molecule has 0 aliphatic heterocycles. The van der Waals surface area contributed by atoms with Crippen molar-refractivity contribution >= 4 is 29.1 Å². The van der Waals surface area contributed by atoms with Gasteiger partial charge in [-0.15, -0.1) is 12.4 Å². The number of rotatable bonds is 7. The van der Waals surface area contributed by atoms with Crippen LogP contribution in [0.5, 0.6) is 0 Å². The minimum Gasteiger partial charge on any atom is -0.354 e. The Hall–Kier alpha value is -1.58. The van der Waals surface area contributed by atoms with E-state index in [1.54, 1.807) is 0 Å². The fraction of sp³-hybridized carbons (Fsp3) is 0.421. The molecular formula is C19H27ClN2O. The molecular weight excluding hydrogens is 308 g/mol. The monoisotopic (exact) mass is 334 g/mol. The van der Waals surface area contributed by atoms with Crippen molar-refractivity contribution in [2.75, 3.05) is 6.54 Å². The molecule has 2 rings (SSSR count). The summed E-state index contributed by atoms with van der Waals surface area (Å²) >= 11 is 0. The standard InChI is InChI=1S/C19H26N2O.ClH/c1-3-19(20,4-2)14-21-18(22)12-10-15-9-11-16-7-5-6-8-17(16)13-15;/h5-9,11,13H,3-4,10,12,14,20H2,1-2H3,(H,21,22);1H. The Morgan fingerprint density at radius 1 is 1.09 bits per heavy atom. The van der Waals surface area contributed by atoms with Crippen molar-refractivity contribution in [1.29, 1.82) is 0 Å². The van der Waals surface area contributed by atoms with Gasteiger partial charge in [0.05, 0.1) is 0 Å². The van der Waals surface area contributed by atoms with Crippen LogP contribution in [0, 0.1) is 0 Å². The molecule has 0 radical (unpaired) electrons. The van der Waals surface area contributed by atoms with Crippen LogP contribution in [0.3, 0.4) is 0 Å². The van der Waals surface area contributed by atoms with Crippen LogP contribution in [0.2, 0.25) is 0 Å². The lowest BCUT2D eigenvalue weighted by Gasteiger charge is -2.26. The van der Waals surface area contributed by atoms with E-state index < -0.39 is 0 Å². The van der Waals surface area contributed by atoms with Crippen LogP contribution in [0.25, 0.3) is 10.8 Å². The highest BCUT2D eigenvalue weighted by molar-refractivity contribution is 5.85. The van der Waals surface area contributed by atoms with Gasteiger partial charge in [-0.3, -0.25) is 4.79 Å². The van der Waals surface area contributed by atoms with Crippen LogP contribution in [0.1, 0.15) is 38.7 Å². The molecule has 0 saturated carbocycles. The summed E-state index contributed by atoms with van der Waals surface area (Å²) < 4.78 is 0. The number of hydrogen-bond acceptors (Lipinski definition) is 2. The number of carbonyl (C=O) groups excluding carboxylic acids is 1. The summed E-state index contributed by atoms with van der Waals surface area (Å²) in [5.74, 6) is 0.0740. The van der Waals surface area contributed by atoms with Crippen molar-refractivity contribution in [3.05, 3.63) is 48.0 Å². The number of hydrogen-bond donors (Lipinski definition) is 2. The quantitative estimate of drug-likeness (QED) is 0.808. The summed E-state index contributed by atoms with van der Waals surface area (Å²) in [4.78, 5) is 12.0. The maximum Gasteiger partial charge on any atom is 0.220 e. The number of benzene rings is 2. The molecule has 0 aliphatic carbocycles. The lowest BCUT2D eigenvalue weighted by atomic mass is 9.94. The molecule has 0 aromatic heterocycles. The number of fused-ring (bicyclic) bond motifs is 1. The van der Waals surface area contributed by atoms with E-state index in [9.17, 15) is 4.79 Å². The van der Waals surface area contributed by atoms with Crippen molar-refractivity contribution in [1.82, 2.24) is 5.32 Å². The van der Waals surface area contributed by atoms with Crippen LogP contribution in [-0.4, -0.2) is 18.0 Å². The van der Waals surface area contributed by atoms with E-state index in [0.717, 1.165) is 19.3 Å². The van der Waals surface area contributed by atoms with E-state index in [2.05, 4.69) is 49.5 Å². The number of amides is 1. The van der Waals surface area contributed by atoms with Crippen LogP contribution >= 0.6 is 12.4 Å². The van der Waals surface area contributed by atoms with Crippen LogP contribution < -0.4 is 11.1 Å². The molecule has 2 aromatic carbocycles. The number of nitrogens with one attached hydrogen (secondary N) is 1. The Labute approximate surface area is 145 Å². The van der Waals surface area contributed by atoms with Crippen LogP contribution in [-0.2, 0) is 11.2 Å². The molecule has 0 spiro atoms. The normalized spacial score (nSPS) is 11.1. The lowest BCUT2D eigenvalue weighted by molar-refractivity contribution is -0.121. The molecule has 0 heterocycles. The molecule has 0 saturated heterocycles. The molecule has 4 heteroatoms. The van der Waals surface area contributed by atoms with Gasteiger partial charge in [-0.05, 0) is 35.6 Å². The predicted molar refractivity (Wildman–Crippen MR) is 100 cm³/mol. The van der Waals surface area contributed by atoms with Gasteiger partial charge < -0.3 is 11.1 Å². The SMILES string of the molecule is CCC(N)(CC)CNC(=O)CCc1ccc2ccccc2c1.Cl. The van der Waals surface area contributed by atoms with Crippen molar-refractivity contribution in [3.63, 3.8) is 0 Å². The van der Waals surface area contributed by atoms with Crippen molar-refractivity contribution in [2.45, 2.75) is 45.1 Å². The Kier molecular flexibility index (Phi) is 7.53. The predicted octanol–water partition coefficient (Wildman–Crippen LogP) is 3.83. The van der Waals surface area contributed by atoms with Gasteiger partial charge in [-0.2, -0.15) is 0 Å². The van der Waals surface area contributed by atoms with Gasteiger partial charge in [0, 0.05) is 18.5 Å². The van der Waals surface area contributed by atoms with E-state index in [0.29, 0.717) is 13.0 Å². The molecule has 0 unspecified atom stereocenters. The van der Waals surface area contributed by atoms with E-state index in [1.165, 1.54) is 16.3 Å². The van der Waals surface area contributed by atoms with Crippen LogP contribution in [0.4, 0.5) is 0 Å². The molecule has 1 amide bonds. The number of halogens is 1. The Morgan fingerprint density at radius 2 is 1.74 bits per heavy atom. The van der Waals surface area contributed by atoms with Gasteiger partial charge in [0.15, 0.2) is 0 Å². The fourth-order valence-electron chi connectivity index (χ4n) is 2.52. The molecule has 2 aromatic rings. The first-order chi connectivity index (χ1) is 10.6. The van der Waals surface area contributed by atoms with Gasteiger partial charge in [0.2, 0.25) is 5.91 Å². The first-order valence-corrected chi connectivity index (χ1v) is 8.09. The van der Waals surface area contributed by atoms with E-state index in [-0.39, 0.29) is 23.9 Å². The van der Waals surface area contributed by atoms with Crippen molar-refractivity contribution in [2.24, 2.45) is 5.73 Å². The highest BCUT2D eigenvalue weighted by Crippen LogP contribution is 2.16. The molecule has 3 nitrogen and oxygen atoms in total. The summed E-state index contributed by atoms with van der Waals surface area (Å²) in [6.07, 6.45) is 3.00. The zero-order chi connectivity index (χ0) is 16.0. The first-order valence-electron chi connectivity index (χ1n) is 8.09. The summed E-state index contributed by atoms with van der Waals surface area (Å²) in [5.41, 5.74) is 7.11. The second kappa shape index (κ2) is 8.90. The van der Waals surface area contributed by atoms with Gasteiger partial charge in [-0.1, -0.05) is 56.3 Å². The number of carbonyl (C=O) groups is 1. The van der Waals surface area contributed by atoms with Crippen molar-refractivity contribution in [3.8, 4) is 0 Å². The van der Waals surface area contributed by atoms with Gasteiger partial charge >= 0.3 is 0 Å². The molecule has 3 N–H and O–H groups in total. The summed E-state index contributed by atoms with van der Waals surface area (Å²) in [7, 11) is 0. The second-order valence-corrected chi connectivity index (χ2v) is 6.03. The average molecular weight is 335 g/mol. The maximum absolute atomic E-state index is 12.0. The Balaban J connectivity index is 0.00000264. The zero-order valence-corrected chi connectivity index (χ0v) is 14.8. The minimum absolute atomic E-state index is 0. The molecule has 0 atom stereocenters. The first kappa shape index (κ1) is 19.5. The molecule has 23 heavy (non-hydrogen) atoms. The zero-order valence-electron chi connectivity index (χ0n) is 14.0. The third-order valence-corrected chi connectivity index (χ3v) is 4.50. The van der Waals surface area contributed by atoms with E-state index in [1.807, 2.05) is 12.1 Å². The maximum atomic E-state index is 12.0. The minimum atomic E-state index is -0.279. The molecule has 0 bridgehead atoms. The molecule has 0 fully saturated rings. The fourth-order valence-corrected chi connectivity index (χ4v) is 2.52. The molecule has 126 valence electrons. The van der Waals surface area contributed by atoms with Gasteiger partial charge in [0.25, 0.3) is 0 Å². The average Bonchev–Trinajstić information content (AvgIpc) is 2.57. The Bertz CT molecular complexity index is 638. The summed E-state index contributed by atoms with van der Waals surface area (Å²) in [6, 6.07) is 14.6. The van der Waals surface area contributed by atoms with Gasteiger partial charge in [0.1, 0.15) is 0 Å². The van der Waals surface area contributed by atoms with Crippen molar-refractivity contribution < 1.29 is 4.79 Å². The third kappa shape index (κ3) is 5.52. The summed E-state index contributed by atoms with van der Waals surface area (Å²) in [5, 5.41) is 5.42. The lowest BCUT2D eigenvalue weighted by Crippen LogP contribution is -2.49. The number of aryl methyl sites for hydroxylation is 1. The second-order valence-electron chi connectivity index (χ2n) is 6.03. The highest BCUT2D eigenvalue weighted by Gasteiger charge is 2.20. The largest absolute Gasteiger partial charge is 0.354 e. The van der Waals surface area contributed by atoms with E-state index >= 15 is 0 Å². The third-order valence-electron chi connectivity index (χ3n) is 4.50. The summed E-state index contributed by atoms with van der Waals surface area (Å²) in [6.45, 7) is 4.67. The number of nitrogens with two attached hydrogens (primary N) is 1. The topological polar surface area (TPSA) is 55.1 Å². The Morgan fingerprint density at radius 3 is 2.39 bits per heavy atom. The van der Waals surface area contributed by atoms with Gasteiger partial charge in [-0.25, -0.2) is 0 Å². The smallest absolute Gasteiger partial charge is 0.220 e.